The number of hydrogen-bond donors (Lipinski definition) is 2. The van der Waals surface area contributed by atoms with E-state index in [1.54, 1.807) is 12.3 Å². The van der Waals surface area contributed by atoms with Gasteiger partial charge in [-0.1, -0.05) is 23.9 Å². The molecule has 0 aliphatic rings. The van der Waals surface area contributed by atoms with Crippen LogP contribution in [0.3, 0.4) is 0 Å². The van der Waals surface area contributed by atoms with Crippen molar-refractivity contribution in [3.63, 3.8) is 0 Å². The predicted molar refractivity (Wildman–Crippen MR) is 63.7 cm³/mol. The standard InChI is InChI=1S/C10H13N3O2S/c1-11-5-3-4-7-6-12-10(16-2)13-8(7)9(14)15/h3-4,6,11H,5H2,1-2H3,(H,14,15). The van der Waals surface area contributed by atoms with Crippen LogP contribution in [0.5, 0.6) is 0 Å². The van der Waals surface area contributed by atoms with Crippen molar-refractivity contribution < 1.29 is 9.90 Å². The number of thioether (sulfide) groups is 1. The molecule has 0 saturated heterocycles. The largest absolute Gasteiger partial charge is 0.476 e. The smallest absolute Gasteiger partial charge is 0.355 e. The minimum absolute atomic E-state index is 0.0340. The first-order valence-corrected chi connectivity index (χ1v) is 5.87. The van der Waals surface area contributed by atoms with Crippen molar-refractivity contribution in [1.29, 1.82) is 0 Å². The predicted octanol–water partition coefficient (Wildman–Crippen LogP) is 1.13. The summed E-state index contributed by atoms with van der Waals surface area (Å²) < 4.78 is 0. The Morgan fingerprint density at radius 3 is 3.00 bits per heavy atom. The Morgan fingerprint density at radius 2 is 2.44 bits per heavy atom. The molecule has 0 amide bonds. The molecule has 5 nitrogen and oxygen atoms in total. The highest BCUT2D eigenvalue weighted by atomic mass is 32.2. The fourth-order valence-corrected chi connectivity index (χ4v) is 1.41. The maximum Gasteiger partial charge on any atom is 0.355 e. The fourth-order valence-electron chi connectivity index (χ4n) is 1.07. The molecule has 0 bridgehead atoms. The van der Waals surface area contributed by atoms with Crippen LogP contribution < -0.4 is 5.32 Å². The van der Waals surface area contributed by atoms with Crippen LogP contribution in [0.1, 0.15) is 16.1 Å². The molecule has 0 saturated carbocycles. The van der Waals surface area contributed by atoms with Crippen molar-refractivity contribution in [3.05, 3.63) is 23.5 Å². The van der Waals surface area contributed by atoms with Crippen LogP contribution in [0.4, 0.5) is 0 Å². The zero-order chi connectivity index (χ0) is 12.0. The Kier molecular flexibility index (Phi) is 4.94. The summed E-state index contributed by atoms with van der Waals surface area (Å²) in [5, 5.41) is 12.4. The number of carbonyl (C=O) groups is 1. The van der Waals surface area contributed by atoms with E-state index in [0.717, 1.165) is 0 Å². The number of hydrogen-bond acceptors (Lipinski definition) is 5. The second-order valence-corrected chi connectivity index (χ2v) is 3.70. The van der Waals surface area contributed by atoms with Gasteiger partial charge in [-0.3, -0.25) is 0 Å². The number of aromatic carboxylic acids is 1. The summed E-state index contributed by atoms with van der Waals surface area (Å²) in [5.41, 5.74) is 0.548. The van der Waals surface area contributed by atoms with Gasteiger partial charge in [0.25, 0.3) is 0 Å². The van der Waals surface area contributed by atoms with Crippen molar-refractivity contribution in [2.75, 3.05) is 19.8 Å². The molecule has 16 heavy (non-hydrogen) atoms. The highest BCUT2D eigenvalue weighted by Crippen LogP contribution is 2.13. The van der Waals surface area contributed by atoms with Gasteiger partial charge in [0.1, 0.15) is 0 Å². The first kappa shape index (κ1) is 12.7. The monoisotopic (exact) mass is 239 g/mol. The molecular weight excluding hydrogens is 226 g/mol. The third-order valence-electron chi connectivity index (χ3n) is 1.80. The molecule has 1 rings (SSSR count). The minimum atomic E-state index is -1.04. The van der Waals surface area contributed by atoms with Crippen molar-refractivity contribution in [2.45, 2.75) is 5.16 Å². The van der Waals surface area contributed by atoms with E-state index < -0.39 is 5.97 Å². The highest BCUT2D eigenvalue weighted by molar-refractivity contribution is 7.98. The fraction of sp³-hybridized carbons (Fsp3) is 0.300. The van der Waals surface area contributed by atoms with Gasteiger partial charge in [0, 0.05) is 18.3 Å². The van der Waals surface area contributed by atoms with Gasteiger partial charge in [0.05, 0.1) is 0 Å². The van der Waals surface area contributed by atoms with E-state index in [1.807, 2.05) is 13.1 Å². The molecule has 0 aliphatic carbocycles. The van der Waals surface area contributed by atoms with Crippen LogP contribution in [-0.2, 0) is 0 Å². The average molecular weight is 239 g/mol. The molecule has 0 aliphatic heterocycles. The third kappa shape index (κ3) is 3.32. The number of nitrogens with one attached hydrogen (secondary N) is 1. The lowest BCUT2D eigenvalue weighted by Gasteiger charge is -2.01. The van der Waals surface area contributed by atoms with Gasteiger partial charge in [-0.2, -0.15) is 0 Å². The molecule has 1 heterocycles. The molecule has 0 aromatic carbocycles. The molecule has 0 fully saturated rings. The van der Waals surface area contributed by atoms with Gasteiger partial charge in [0.15, 0.2) is 10.9 Å². The van der Waals surface area contributed by atoms with Crippen LogP contribution in [0.15, 0.2) is 17.4 Å². The SMILES string of the molecule is CNCC=Cc1cnc(SC)nc1C(=O)O. The summed E-state index contributed by atoms with van der Waals surface area (Å²) in [5.74, 6) is -1.04. The molecule has 0 unspecified atom stereocenters. The number of aromatic nitrogens is 2. The van der Waals surface area contributed by atoms with E-state index in [2.05, 4.69) is 15.3 Å². The molecule has 0 spiro atoms. The quantitative estimate of drug-likeness (QED) is 0.592. The Bertz CT molecular complexity index is 407. The zero-order valence-electron chi connectivity index (χ0n) is 9.10. The Morgan fingerprint density at radius 1 is 1.69 bits per heavy atom. The van der Waals surface area contributed by atoms with Crippen LogP contribution >= 0.6 is 11.8 Å². The molecule has 1 aromatic rings. The summed E-state index contributed by atoms with van der Waals surface area (Å²) in [6.07, 6.45) is 6.85. The first-order chi connectivity index (χ1) is 7.69. The van der Waals surface area contributed by atoms with E-state index in [0.29, 0.717) is 17.3 Å². The molecule has 1 aromatic heterocycles. The Balaban J connectivity index is 3.03. The van der Waals surface area contributed by atoms with E-state index in [9.17, 15) is 4.79 Å². The van der Waals surface area contributed by atoms with Crippen molar-refractivity contribution in [2.24, 2.45) is 0 Å². The second-order valence-electron chi connectivity index (χ2n) is 2.93. The van der Waals surface area contributed by atoms with Crippen molar-refractivity contribution in [3.8, 4) is 0 Å². The summed E-state index contributed by atoms with van der Waals surface area (Å²) in [7, 11) is 1.82. The second kappa shape index (κ2) is 6.24. The minimum Gasteiger partial charge on any atom is -0.476 e. The number of likely N-dealkylation sites (N-methyl/N-ethyl adjacent to an activating group) is 1. The molecule has 0 atom stereocenters. The summed E-state index contributed by atoms with van der Waals surface area (Å²) in [6, 6.07) is 0. The van der Waals surface area contributed by atoms with E-state index in [1.165, 1.54) is 18.0 Å². The third-order valence-corrected chi connectivity index (χ3v) is 2.36. The zero-order valence-corrected chi connectivity index (χ0v) is 9.91. The van der Waals surface area contributed by atoms with Gasteiger partial charge < -0.3 is 10.4 Å². The topological polar surface area (TPSA) is 75.1 Å². The lowest BCUT2D eigenvalue weighted by Crippen LogP contribution is -2.07. The van der Waals surface area contributed by atoms with Gasteiger partial charge in [-0.25, -0.2) is 14.8 Å². The van der Waals surface area contributed by atoms with Crippen LogP contribution in [0, 0.1) is 0 Å². The van der Waals surface area contributed by atoms with Gasteiger partial charge >= 0.3 is 5.97 Å². The average Bonchev–Trinajstić information content (AvgIpc) is 2.29. The number of carboxylic acid groups (broad SMARTS) is 1. The van der Waals surface area contributed by atoms with Crippen molar-refractivity contribution in [1.82, 2.24) is 15.3 Å². The highest BCUT2D eigenvalue weighted by Gasteiger charge is 2.11. The summed E-state index contributed by atoms with van der Waals surface area (Å²) in [4.78, 5) is 19.0. The van der Waals surface area contributed by atoms with Gasteiger partial charge in [0.2, 0.25) is 0 Å². The van der Waals surface area contributed by atoms with E-state index in [4.69, 9.17) is 5.11 Å². The lowest BCUT2D eigenvalue weighted by atomic mass is 10.2. The number of carboxylic acids is 1. The first-order valence-electron chi connectivity index (χ1n) is 4.64. The maximum absolute atomic E-state index is 11.0. The van der Waals surface area contributed by atoms with E-state index in [-0.39, 0.29) is 5.69 Å². The number of rotatable bonds is 5. The lowest BCUT2D eigenvalue weighted by molar-refractivity contribution is 0.0689. The van der Waals surface area contributed by atoms with Crippen LogP contribution in [0.25, 0.3) is 6.08 Å². The molecule has 6 heteroatoms. The molecule has 0 radical (unpaired) electrons. The van der Waals surface area contributed by atoms with E-state index >= 15 is 0 Å². The van der Waals surface area contributed by atoms with Gasteiger partial charge in [-0.05, 0) is 13.3 Å². The Labute approximate surface area is 98.0 Å². The van der Waals surface area contributed by atoms with Crippen LogP contribution in [-0.4, -0.2) is 40.9 Å². The molecule has 86 valence electrons. The Hall–Kier alpha value is -1.40. The van der Waals surface area contributed by atoms with Gasteiger partial charge in [-0.15, -0.1) is 0 Å². The summed E-state index contributed by atoms with van der Waals surface area (Å²) >= 11 is 1.32. The summed E-state index contributed by atoms with van der Waals surface area (Å²) in [6.45, 7) is 0.670. The van der Waals surface area contributed by atoms with Crippen LogP contribution in [0.2, 0.25) is 0 Å². The maximum atomic E-state index is 11.0. The molecular formula is C10H13N3O2S. The normalized spacial score (nSPS) is 10.9. The number of nitrogens with zero attached hydrogens (tertiary/aromatic N) is 2. The molecule has 2 N–H and O–H groups in total. The van der Waals surface area contributed by atoms with Crippen molar-refractivity contribution >= 4 is 23.8 Å².